The van der Waals surface area contributed by atoms with Gasteiger partial charge >= 0.3 is 5.97 Å². The van der Waals surface area contributed by atoms with E-state index >= 15 is 0 Å². The minimum absolute atomic E-state index is 0.200. The lowest BCUT2D eigenvalue weighted by Crippen LogP contribution is -2.16. The van der Waals surface area contributed by atoms with E-state index in [1.165, 1.54) is 0 Å². The maximum absolute atomic E-state index is 11.5. The third-order valence-corrected chi connectivity index (χ3v) is 2.49. The maximum Gasteiger partial charge on any atom is 0.307 e. The number of aliphatic carboxylic acids is 1. The summed E-state index contributed by atoms with van der Waals surface area (Å²) in [6.07, 6.45) is 0.452. The van der Waals surface area contributed by atoms with Gasteiger partial charge in [-0.1, -0.05) is 18.2 Å². The van der Waals surface area contributed by atoms with E-state index in [0.29, 0.717) is 12.1 Å². The summed E-state index contributed by atoms with van der Waals surface area (Å²) in [5.74, 6) is -1.94. The molecule has 0 aromatic heterocycles. The first-order chi connectivity index (χ1) is 7.18. The fourth-order valence-corrected chi connectivity index (χ4v) is 1.51. The molecule has 1 aliphatic carbocycles. The van der Waals surface area contributed by atoms with Crippen LogP contribution in [0.25, 0.3) is 0 Å². The Morgan fingerprint density at radius 1 is 1.20 bits per heavy atom. The summed E-state index contributed by atoms with van der Waals surface area (Å²) in [6, 6.07) is 9.04. The zero-order valence-corrected chi connectivity index (χ0v) is 8.01. The predicted molar refractivity (Wildman–Crippen MR) is 54.3 cm³/mol. The van der Waals surface area contributed by atoms with E-state index in [4.69, 9.17) is 5.11 Å². The summed E-state index contributed by atoms with van der Waals surface area (Å²) >= 11 is 0. The molecule has 2 N–H and O–H groups in total. The first-order valence-corrected chi connectivity index (χ1v) is 4.77. The minimum atomic E-state index is -0.886. The number of para-hydroxylation sites is 1. The molecule has 1 aliphatic rings. The molecule has 0 spiro atoms. The number of rotatable bonds is 3. The fraction of sp³-hybridized carbons (Fsp3) is 0.273. The van der Waals surface area contributed by atoms with Crippen LogP contribution >= 0.6 is 0 Å². The van der Waals surface area contributed by atoms with E-state index in [9.17, 15) is 9.59 Å². The first kappa shape index (κ1) is 9.71. The van der Waals surface area contributed by atoms with E-state index < -0.39 is 11.9 Å². The molecule has 1 aromatic rings. The van der Waals surface area contributed by atoms with Crippen LogP contribution in [0.1, 0.15) is 6.42 Å². The number of amides is 1. The normalized spacial score (nSPS) is 23.2. The Labute approximate surface area is 86.9 Å². The van der Waals surface area contributed by atoms with Gasteiger partial charge in [0.05, 0.1) is 11.8 Å². The number of carbonyl (C=O) groups excluding carboxylic acids is 1. The summed E-state index contributed by atoms with van der Waals surface area (Å²) in [4.78, 5) is 22.1. The van der Waals surface area contributed by atoms with Gasteiger partial charge in [-0.3, -0.25) is 9.59 Å². The van der Waals surface area contributed by atoms with Gasteiger partial charge in [0.1, 0.15) is 0 Å². The van der Waals surface area contributed by atoms with Gasteiger partial charge in [-0.2, -0.15) is 0 Å². The monoisotopic (exact) mass is 205 g/mol. The average Bonchev–Trinajstić information content (AvgIpc) is 2.98. The van der Waals surface area contributed by atoms with Crippen molar-refractivity contribution in [2.75, 3.05) is 5.32 Å². The molecule has 1 aromatic carbocycles. The Hall–Kier alpha value is -1.84. The molecule has 0 aliphatic heterocycles. The van der Waals surface area contributed by atoms with Crippen LogP contribution in [-0.2, 0) is 9.59 Å². The van der Waals surface area contributed by atoms with Crippen LogP contribution in [0.4, 0.5) is 5.69 Å². The molecule has 0 bridgehead atoms. The van der Waals surface area contributed by atoms with Gasteiger partial charge in [-0.05, 0) is 18.6 Å². The second kappa shape index (κ2) is 3.73. The highest BCUT2D eigenvalue weighted by Gasteiger charge is 2.48. The van der Waals surface area contributed by atoms with Gasteiger partial charge in [-0.25, -0.2) is 0 Å². The lowest BCUT2D eigenvalue weighted by Gasteiger charge is -2.02. The molecule has 1 saturated carbocycles. The largest absolute Gasteiger partial charge is 0.481 e. The molecule has 1 amide bonds. The second-order valence-electron chi connectivity index (χ2n) is 3.64. The van der Waals surface area contributed by atoms with Gasteiger partial charge in [0, 0.05) is 5.69 Å². The summed E-state index contributed by atoms with van der Waals surface area (Å²) < 4.78 is 0. The van der Waals surface area contributed by atoms with Crippen molar-refractivity contribution in [3.05, 3.63) is 30.3 Å². The topological polar surface area (TPSA) is 66.4 Å². The summed E-state index contributed by atoms with van der Waals surface area (Å²) in [5, 5.41) is 11.3. The van der Waals surface area contributed by atoms with E-state index in [1.54, 1.807) is 12.1 Å². The molecule has 4 heteroatoms. The molecule has 15 heavy (non-hydrogen) atoms. The molecular weight excluding hydrogens is 194 g/mol. The molecule has 2 atom stereocenters. The molecule has 0 unspecified atom stereocenters. The van der Waals surface area contributed by atoms with Gasteiger partial charge in [0.25, 0.3) is 0 Å². The summed E-state index contributed by atoms with van der Waals surface area (Å²) in [6.45, 7) is 0. The third kappa shape index (κ3) is 2.15. The van der Waals surface area contributed by atoms with E-state index in [0.717, 1.165) is 0 Å². The zero-order chi connectivity index (χ0) is 10.8. The van der Waals surface area contributed by atoms with Gasteiger partial charge in [0.2, 0.25) is 5.91 Å². The van der Waals surface area contributed by atoms with Crippen molar-refractivity contribution in [3.63, 3.8) is 0 Å². The number of anilines is 1. The van der Waals surface area contributed by atoms with Crippen LogP contribution in [0.3, 0.4) is 0 Å². The molecule has 1 fully saturated rings. The van der Waals surface area contributed by atoms with Crippen molar-refractivity contribution in [2.45, 2.75) is 6.42 Å². The van der Waals surface area contributed by atoms with Crippen molar-refractivity contribution in [3.8, 4) is 0 Å². The maximum atomic E-state index is 11.5. The SMILES string of the molecule is O=C(O)[C@H]1C[C@@H]1C(=O)Nc1ccccc1. The average molecular weight is 205 g/mol. The first-order valence-electron chi connectivity index (χ1n) is 4.77. The zero-order valence-electron chi connectivity index (χ0n) is 8.01. The number of hydrogen-bond donors (Lipinski definition) is 2. The molecule has 4 nitrogen and oxygen atoms in total. The number of carboxylic acid groups (broad SMARTS) is 1. The Kier molecular flexibility index (Phi) is 2.41. The van der Waals surface area contributed by atoms with Crippen LogP contribution in [-0.4, -0.2) is 17.0 Å². The number of hydrogen-bond acceptors (Lipinski definition) is 2. The molecule has 0 radical (unpaired) electrons. The lowest BCUT2D eigenvalue weighted by molar-refractivity contribution is -0.139. The molecular formula is C11H11NO3. The van der Waals surface area contributed by atoms with E-state index in [1.807, 2.05) is 18.2 Å². The van der Waals surface area contributed by atoms with Crippen molar-refractivity contribution < 1.29 is 14.7 Å². The number of nitrogens with one attached hydrogen (secondary N) is 1. The van der Waals surface area contributed by atoms with Crippen LogP contribution in [0.2, 0.25) is 0 Å². The van der Waals surface area contributed by atoms with Gasteiger partial charge < -0.3 is 10.4 Å². The van der Waals surface area contributed by atoms with Gasteiger partial charge in [0.15, 0.2) is 0 Å². The van der Waals surface area contributed by atoms with Crippen LogP contribution < -0.4 is 5.32 Å². The standard InChI is InChI=1S/C11H11NO3/c13-10(8-6-9(8)11(14)15)12-7-4-2-1-3-5-7/h1-5,8-9H,6H2,(H,12,13)(H,14,15)/t8-,9-/m0/s1. The fourth-order valence-electron chi connectivity index (χ4n) is 1.51. The lowest BCUT2D eigenvalue weighted by atomic mass is 10.2. The Morgan fingerprint density at radius 3 is 2.40 bits per heavy atom. The molecule has 0 saturated heterocycles. The minimum Gasteiger partial charge on any atom is -0.481 e. The molecule has 78 valence electrons. The van der Waals surface area contributed by atoms with Crippen LogP contribution in [0.5, 0.6) is 0 Å². The van der Waals surface area contributed by atoms with Gasteiger partial charge in [-0.15, -0.1) is 0 Å². The van der Waals surface area contributed by atoms with Crippen molar-refractivity contribution in [1.29, 1.82) is 0 Å². The highest BCUT2D eigenvalue weighted by Crippen LogP contribution is 2.39. The quantitative estimate of drug-likeness (QED) is 0.782. The number of benzene rings is 1. The van der Waals surface area contributed by atoms with Crippen molar-refractivity contribution in [2.24, 2.45) is 11.8 Å². The number of carboxylic acids is 1. The molecule has 0 heterocycles. The summed E-state index contributed by atoms with van der Waals surface area (Å²) in [7, 11) is 0. The number of carbonyl (C=O) groups is 2. The summed E-state index contributed by atoms with van der Waals surface area (Å²) in [5.41, 5.74) is 0.707. The highest BCUT2D eigenvalue weighted by molar-refractivity contribution is 5.98. The van der Waals surface area contributed by atoms with Crippen molar-refractivity contribution >= 4 is 17.6 Å². The van der Waals surface area contributed by atoms with E-state index in [-0.39, 0.29) is 11.8 Å². The smallest absolute Gasteiger partial charge is 0.307 e. The molecule has 2 rings (SSSR count). The highest BCUT2D eigenvalue weighted by atomic mass is 16.4. The van der Waals surface area contributed by atoms with Crippen LogP contribution in [0, 0.1) is 11.8 Å². The Bertz CT molecular complexity index is 388. The Balaban J connectivity index is 1.92. The van der Waals surface area contributed by atoms with E-state index in [2.05, 4.69) is 5.32 Å². The predicted octanol–water partition coefficient (Wildman–Crippen LogP) is 1.35. The Morgan fingerprint density at radius 2 is 1.87 bits per heavy atom. The second-order valence-corrected chi connectivity index (χ2v) is 3.64. The third-order valence-electron chi connectivity index (χ3n) is 2.49. The van der Waals surface area contributed by atoms with Crippen LogP contribution in [0.15, 0.2) is 30.3 Å². The van der Waals surface area contributed by atoms with Crippen molar-refractivity contribution in [1.82, 2.24) is 0 Å².